The van der Waals surface area contributed by atoms with Crippen molar-refractivity contribution in [2.45, 2.75) is 44.5 Å². The van der Waals surface area contributed by atoms with E-state index in [0.29, 0.717) is 48.0 Å². The van der Waals surface area contributed by atoms with Gasteiger partial charge >= 0.3 is 11.9 Å². The molecule has 172 valence electrons. The molecule has 2 heterocycles. The van der Waals surface area contributed by atoms with Crippen molar-refractivity contribution in [2.24, 2.45) is 0 Å². The summed E-state index contributed by atoms with van der Waals surface area (Å²) in [5.41, 5.74) is 1.37. The van der Waals surface area contributed by atoms with Crippen molar-refractivity contribution in [2.75, 3.05) is 13.9 Å². The zero-order valence-electron chi connectivity index (χ0n) is 18.3. The predicted molar refractivity (Wildman–Crippen MR) is 116 cm³/mol. The monoisotopic (exact) mass is 452 g/mol. The van der Waals surface area contributed by atoms with Crippen LogP contribution in [0.15, 0.2) is 42.0 Å². The van der Waals surface area contributed by atoms with Crippen molar-refractivity contribution < 1.29 is 38.0 Å². The van der Waals surface area contributed by atoms with Crippen LogP contribution in [0.3, 0.4) is 0 Å². The highest BCUT2D eigenvalue weighted by Gasteiger charge is 2.46. The van der Waals surface area contributed by atoms with E-state index in [-0.39, 0.29) is 12.4 Å². The summed E-state index contributed by atoms with van der Waals surface area (Å²) in [5, 5.41) is 0. The van der Waals surface area contributed by atoms with Gasteiger partial charge < -0.3 is 28.4 Å². The van der Waals surface area contributed by atoms with Crippen molar-refractivity contribution in [3.05, 3.63) is 53.1 Å². The lowest BCUT2D eigenvalue weighted by Gasteiger charge is -2.38. The average molecular weight is 452 g/mol. The number of benzene rings is 2. The summed E-state index contributed by atoms with van der Waals surface area (Å²) in [6.07, 6.45) is 5.31. The molecular formula is C25H24O8. The fraction of sp³-hybridized carbons (Fsp3) is 0.360. The highest BCUT2D eigenvalue weighted by Crippen LogP contribution is 2.38. The van der Waals surface area contributed by atoms with Gasteiger partial charge in [0.1, 0.15) is 12.2 Å². The Bertz CT molecular complexity index is 1090. The van der Waals surface area contributed by atoms with E-state index in [1.165, 1.54) is 13.2 Å². The maximum Gasteiger partial charge on any atom is 0.348 e. The minimum absolute atomic E-state index is 0.137. The summed E-state index contributed by atoms with van der Waals surface area (Å²) < 4.78 is 33.2. The van der Waals surface area contributed by atoms with Gasteiger partial charge in [-0.05, 0) is 54.3 Å². The molecule has 5 rings (SSSR count). The van der Waals surface area contributed by atoms with Crippen LogP contribution in [0.25, 0.3) is 6.08 Å². The van der Waals surface area contributed by atoms with E-state index in [4.69, 9.17) is 28.4 Å². The van der Waals surface area contributed by atoms with Gasteiger partial charge in [0, 0.05) is 12.8 Å². The number of esters is 2. The third-order valence-electron chi connectivity index (χ3n) is 5.94. The molecular weight excluding hydrogens is 428 g/mol. The van der Waals surface area contributed by atoms with Crippen LogP contribution in [0, 0.1) is 0 Å². The van der Waals surface area contributed by atoms with E-state index >= 15 is 0 Å². The van der Waals surface area contributed by atoms with E-state index in [1.807, 2.05) is 18.2 Å². The molecule has 8 nitrogen and oxygen atoms in total. The van der Waals surface area contributed by atoms with Crippen LogP contribution >= 0.6 is 0 Å². The summed E-state index contributed by atoms with van der Waals surface area (Å²) in [4.78, 5) is 25.2. The van der Waals surface area contributed by atoms with Crippen LogP contribution in [0.4, 0.5) is 0 Å². The second-order valence-corrected chi connectivity index (χ2v) is 8.19. The van der Waals surface area contributed by atoms with E-state index < -0.39 is 17.7 Å². The zero-order valence-corrected chi connectivity index (χ0v) is 18.3. The molecule has 2 aliphatic heterocycles. The molecule has 0 unspecified atom stereocenters. The van der Waals surface area contributed by atoms with Crippen LogP contribution in [-0.2, 0) is 25.7 Å². The molecule has 0 N–H and O–H groups in total. The molecule has 1 saturated heterocycles. The lowest BCUT2D eigenvalue weighted by Crippen LogP contribution is -2.47. The Balaban J connectivity index is 1.30. The molecule has 2 fully saturated rings. The number of carbonyl (C=O) groups excluding carboxylic acids is 2. The van der Waals surface area contributed by atoms with Crippen molar-refractivity contribution in [1.82, 2.24) is 0 Å². The van der Waals surface area contributed by atoms with Crippen LogP contribution in [0.5, 0.6) is 23.0 Å². The maximum atomic E-state index is 12.6. The minimum Gasteiger partial charge on any atom is -0.493 e. The zero-order chi connectivity index (χ0) is 22.8. The number of fused-ring (bicyclic) bond motifs is 1. The Labute approximate surface area is 191 Å². The van der Waals surface area contributed by atoms with Crippen LogP contribution in [0.1, 0.15) is 43.2 Å². The van der Waals surface area contributed by atoms with Gasteiger partial charge in [-0.1, -0.05) is 18.6 Å². The molecule has 3 aliphatic rings. The average Bonchev–Trinajstić information content (AvgIpc) is 3.29. The Kier molecular flexibility index (Phi) is 5.58. The lowest BCUT2D eigenvalue weighted by molar-refractivity contribution is -0.244. The van der Waals surface area contributed by atoms with Crippen LogP contribution in [-0.4, -0.2) is 31.6 Å². The van der Waals surface area contributed by atoms with Crippen LogP contribution < -0.4 is 18.9 Å². The van der Waals surface area contributed by atoms with Gasteiger partial charge in [0.05, 0.1) is 7.11 Å². The lowest BCUT2D eigenvalue weighted by atomic mass is 9.93. The number of hydrogen-bond donors (Lipinski definition) is 0. The van der Waals surface area contributed by atoms with Crippen molar-refractivity contribution >= 4 is 18.0 Å². The van der Waals surface area contributed by atoms with Crippen molar-refractivity contribution in [1.29, 1.82) is 0 Å². The summed E-state index contributed by atoms with van der Waals surface area (Å²) in [7, 11) is 1.52. The number of rotatable bonds is 5. The highest BCUT2D eigenvalue weighted by atomic mass is 16.7. The fourth-order valence-electron chi connectivity index (χ4n) is 4.22. The minimum atomic E-state index is -1.10. The first-order valence-corrected chi connectivity index (χ1v) is 10.9. The van der Waals surface area contributed by atoms with E-state index in [9.17, 15) is 9.59 Å². The first-order chi connectivity index (χ1) is 16.0. The second kappa shape index (κ2) is 8.69. The third-order valence-corrected chi connectivity index (χ3v) is 5.94. The van der Waals surface area contributed by atoms with Gasteiger partial charge in [0.15, 0.2) is 23.0 Å². The molecule has 8 heteroatoms. The fourth-order valence-corrected chi connectivity index (χ4v) is 4.22. The van der Waals surface area contributed by atoms with E-state index in [1.54, 1.807) is 18.2 Å². The Morgan fingerprint density at radius 2 is 1.67 bits per heavy atom. The largest absolute Gasteiger partial charge is 0.493 e. The van der Waals surface area contributed by atoms with Crippen molar-refractivity contribution in [3.8, 4) is 23.0 Å². The third kappa shape index (κ3) is 4.33. The van der Waals surface area contributed by atoms with Gasteiger partial charge in [-0.15, -0.1) is 0 Å². The summed E-state index contributed by atoms with van der Waals surface area (Å²) in [6.45, 7) is 0.515. The SMILES string of the molecule is COc1cc(C=C2C(=O)OC3(CCCCC3)OC2=O)ccc1OCc1ccc2c(c1)OCO2. The maximum absolute atomic E-state index is 12.6. The molecule has 2 aromatic carbocycles. The van der Waals surface area contributed by atoms with Crippen LogP contribution in [0.2, 0.25) is 0 Å². The van der Waals surface area contributed by atoms with Gasteiger partial charge in [0.25, 0.3) is 5.79 Å². The molecule has 0 atom stereocenters. The van der Waals surface area contributed by atoms with Crippen molar-refractivity contribution in [3.63, 3.8) is 0 Å². The Morgan fingerprint density at radius 1 is 0.909 bits per heavy atom. The number of ether oxygens (including phenoxy) is 6. The number of carbonyl (C=O) groups is 2. The number of hydrogen-bond acceptors (Lipinski definition) is 8. The topological polar surface area (TPSA) is 89.5 Å². The predicted octanol–water partition coefficient (Wildman–Crippen LogP) is 4.15. The molecule has 1 spiro atoms. The standard InChI is InChI=1S/C25H24O8/c1-28-21-12-16(11-18-23(26)32-25(33-24(18)27)9-3-2-4-10-25)5-7-19(21)29-14-17-6-8-20-22(13-17)31-15-30-20/h5-8,11-13H,2-4,9-10,14-15H2,1H3. The molecule has 0 bridgehead atoms. The quantitative estimate of drug-likeness (QED) is 0.380. The normalized spacial score (nSPS) is 18.5. The molecule has 0 aromatic heterocycles. The molecule has 0 radical (unpaired) electrons. The summed E-state index contributed by atoms with van der Waals surface area (Å²) in [5.74, 6) is -0.0354. The number of methoxy groups -OCH3 is 1. The second-order valence-electron chi connectivity index (χ2n) is 8.19. The molecule has 1 aliphatic carbocycles. The molecule has 2 aromatic rings. The molecule has 0 amide bonds. The van der Waals surface area contributed by atoms with Gasteiger partial charge in [-0.3, -0.25) is 0 Å². The first kappa shape index (κ1) is 21.2. The van der Waals surface area contributed by atoms with Gasteiger partial charge in [-0.25, -0.2) is 9.59 Å². The van der Waals surface area contributed by atoms with Gasteiger partial charge in [-0.2, -0.15) is 0 Å². The summed E-state index contributed by atoms with van der Waals surface area (Å²) >= 11 is 0. The Hall–Kier alpha value is -3.68. The van der Waals surface area contributed by atoms with Gasteiger partial charge in [0.2, 0.25) is 6.79 Å². The first-order valence-electron chi connectivity index (χ1n) is 10.9. The summed E-state index contributed by atoms with van der Waals surface area (Å²) in [6, 6.07) is 10.8. The van der Waals surface area contributed by atoms with E-state index in [2.05, 4.69) is 0 Å². The Morgan fingerprint density at radius 3 is 2.42 bits per heavy atom. The smallest absolute Gasteiger partial charge is 0.348 e. The molecule has 1 saturated carbocycles. The van der Waals surface area contributed by atoms with E-state index in [0.717, 1.165) is 24.8 Å². The highest BCUT2D eigenvalue weighted by molar-refractivity contribution is 6.18. The molecule has 33 heavy (non-hydrogen) atoms.